The molecule has 6 heteroatoms. The van der Waals surface area contributed by atoms with Crippen LogP contribution in [0, 0.1) is 6.92 Å². The fraction of sp³-hybridized carbons (Fsp3) is 0.462. The van der Waals surface area contributed by atoms with Crippen LogP contribution in [0.1, 0.15) is 17.5 Å². The molecule has 1 saturated heterocycles. The largest absolute Gasteiger partial charge is 0.406 e. The number of hydrogen-bond acceptors (Lipinski definition) is 2. The van der Waals surface area contributed by atoms with E-state index in [0.29, 0.717) is 5.56 Å². The van der Waals surface area contributed by atoms with Crippen LogP contribution in [0.15, 0.2) is 24.3 Å². The van der Waals surface area contributed by atoms with Crippen molar-refractivity contribution in [2.24, 2.45) is 0 Å². The molecular formula is C13H15F3N2O. The number of hydrazine groups is 1. The van der Waals surface area contributed by atoms with Crippen LogP contribution in [0.4, 0.5) is 13.2 Å². The van der Waals surface area contributed by atoms with Gasteiger partial charge in [0.15, 0.2) is 0 Å². The number of aryl methyl sites for hydroxylation is 1. The lowest BCUT2D eigenvalue weighted by Gasteiger charge is -2.29. The van der Waals surface area contributed by atoms with Gasteiger partial charge in [-0.05, 0) is 18.9 Å². The molecule has 0 aromatic heterocycles. The Balaban J connectivity index is 2.17. The number of nitrogens with one attached hydrogen (secondary N) is 1. The second-order valence-corrected chi connectivity index (χ2v) is 4.73. The highest BCUT2D eigenvalue weighted by Gasteiger charge is 2.45. The van der Waals surface area contributed by atoms with E-state index >= 15 is 0 Å². The van der Waals surface area contributed by atoms with Gasteiger partial charge in [0.1, 0.15) is 6.04 Å². The summed E-state index contributed by atoms with van der Waals surface area (Å²) in [7, 11) is 0. The average molecular weight is 272 g/mol. The first-order chi connectivity index (χ1) is 8.86. The van der Waals surface area contributed by atoms with Crippen molar-refractivity contribution >= 4 is 5.91 Å². The summed E-state index contributed by atoms with van der Waals surface area (Å²) in [5.41, 5.74) is 3.80. The van der Waals surface area contributed by atoms with Crippen molar-refractivity contribution in [1.29, 1.82) is 0 Å². The van der Waals surface area contributed by atoms with Crippen molar-refractivity contribution in [1.82, 2.24) is 10.4 Å². The molecular weight excluding hydrogens is 257 g/mol. The number of hydrogen-bond donors (Lipinski definition) is 1. The van der Waals surface area contributed by atoms with E-state index < -0.39 is 12.2 Å². The molecule has 1 fully saturated rings. The first-order valence-corrected chi connectivity index (χ1v) is 6.04. The van der Waals surface area contributed by atoms with Gasteiger partial charge in [0.2, 0.25) is 5.91 Å². The Bertz CT molecular complexity index is 473. The SMILES string of the molecule is Cc1cccc(C[C@H](N2CCC(=O)N2)C(F)(F)F)c1. The van der Waals surface area contributed by atoms with Gasteiger partial charge in [0, 0.05) is 13.0 Å². The molecule has 0 aliphatic carbocycles. The van der Waals surface area contributed by atoms with E-state index in [2.05, 4.69) is 5.43 Å². The summed E-state index contributed by atoms with van der Waals surface area (Å²) in [6.07, 6.45) is -4.42. The summed E-state index contributed by atoms with van der Waals surface area (Å²) in [4.78, 5) is 11.1. The number of benzene rings is 1. The zero-order chi connectivity index (χ0) is 14.0. The predicted octanol–water partition coefficient (Wildman–Crippen LogP) is 2.21. The van der Waals surface area contributed by atoms with Crippen LogP contribution in [0.25, 0.3) is 0 Å². The first-order valence-electron chi connectivity index (χ1n) is 6.04. The maximum absolute atomic E-state index is 13.1. The number of amides is 1. The van der Waals surface area contributed by atoms with Gasteiger partial charge in [-0.1, -0.05) is 29.8 Å². The number of halogens is 3. The minimum Gasteiger partial charge on any atom is -0.288 e. The smallest absolute Gasteiger partial charge is 0.288 e. The molecule has 1 amide bonds. The molecule has 0 unspecified atom stereocenters. The number of carbonyl (C=O) groups excluding carboxylic acids is 1. The van der Waals surface area contributed by atoms with Crippen LogP contribution in [0.2, 0.25) is 0 Å². The molecule has 1 atom stereocenters. The van der Waals surface area contributed by atoms with Crippen LogP contribution in [0.3, 0.4) is 0 Å². The number of alkyl halides is 3. The van der Waals surface area contributed by atoms with Crippen molar-refractivity contribution in [2.75, 3.05) is 6.54 Å². The van der Waals surface area contributed by atoms with Crippen molar-refractivity contribution in [2.45, 2.75) is 32.0 Å². The molecule has 1 aliphatic rings. The van der Waals surface area contributed by atoms with E-state index in [4.69, 9.17) is 0 Å². The maximum Gasteiger partial charge on any atom is 0.406 e. The number of nitrogens with zero attached hydrogens (tertiary/aromatic N) is 1. The van der Waals surface area contributed by atoms with Crippen molar-refractivity contribution in [3.8, 4) is 0 Å². The predicted molar refractivity (Wildman–Crippen MR) is 64.2 cm³/mol. The number of carbonyl (C=O) groups is 1. The molecule has 0 bridgehead atoms. The van der Waals surface area contributed by atoms with Gasteiger partial charge in [-0.25, -0.2) is 5.01 Å². The van der Waals surface area contributed by atoms with Gasteiger partial charge in [-0.15, -0.1) is 0 Å². The van der Waals surface area contributed by atoms with Crippen LogP contribution < -0.4 is 5.43 Å². The van der Waals surface area contributed by atoms with Gasteiger partial charge < -0.3 is 0 Å². The third kappa shape index (κ3) is 3.47. The van der Waals surface area contributed by atoms with E-state index in [9.17, 15) is 18.0 Å². The molecule has 2 rings (SSSR count). The Morgan fingerprint density at radius 3 is 2.68 bits per heavy atom. The highest BCUT2D eigenvalue weighted by atomic mass is 19.4. The van der Waals surface area contributed by atoms with Gasteiger partial charge in [0.05, 0.1) is 0 Å². The highest BCUT2D eigenvalue weighted by Crippen LogP contribution is 2.28. The number of rotatable bonds is 3. The van der Waals surface area contributed by atoms with Gasteiger partial charge in [-0.3, -0.25) is 10.2 Å². The lowest BCUT2D eigenvalue weighted by molar-refractivity contribution is -0.187. The van der Waals surface area contributed by atoms with Crippen LogP contribution in [-0.4, -0.2) is 29.7 Å². The first kappa shape index (κ1) is 13.9. The van der Waals surface area contributed by atoms with Crippen LogP contribution in [-0.2, 0) is 11.2 Å². The molecule has 1 heterocycles. The van der Waals surface area contributed by atoms with Crippen LogP contribution >= 0.6 is 0 Å². The van der Waals surface area contributed by atoms with E-state index in [-0.39, 0.29) is 25.3 Å². The fourth-order valence-corrected chi connectivity index (χ4v) is 2.19. The van der Waals surface area contributed by atoms with E-state index in [1.165, 1.54) is 0 Å². The molecule has 1 aromatic rings. The standard InChI is InChI=1S/C13H15F3N2O/c1-9-3-2-4-10(7-9)8-11(13(14,15)16)18-6-5-12(19)17-18/h2-4,7,11H,5-6,8H2,1H3,(H,17,19)/t11-/m0/s1. The molecule has 19 heavy (non-hydrogen) atoms. The minimum absolute atomic E-state index is 0.0921. The molecule has 0 spiro atoms. The summed E-state index contributed by atoms with van der Waals surface area (Å²) < 4.78 is 39.3. The molecule has 1 aromatic carbocycles. The Morgan fingerprint density at radius 1 is 1.42 bits per heavy atom. The lowest BCUT2D eigenvalue weighted by Crippen LogP contribution is -2.51. The Kier molecular flexibility index (Phi) is 3.80. The van der Waals surface area contributed by atoms with E-state index in [1.54, 1.807) is 18.2 Å². The maximum atomic E-state index is 13.1. The molecule has 1 aliphatic heterocycles. The van der Waals surface area contributed by atoms with Gasteiger partial charge in [0.25, 0.3) is 0 Å². The molecule has 3 nitrogen and oxygen atoms in total. The van der Waals surface area contributed by atoms with Crippen molar-refractivity contribution in [3.63, 3.8) is 0 Å². The molecule has 0 radical (unpaired) electrons. The molecule has 1 N–H and O–H groups in total. The zero-order valence-electron chi connectivity index (χ0n) is 10.5. The summed E-state index contributed by atoms with van der Waals surface area (Å²) in [6, 6.07) is 5.30. The summed E-state index contributed by atoms with van der Waals surface area (Å²) in [5.74, 6) is -0.363. The fourth-order valence-electron chi connectivity index (χ4n) is 2.19. The third-order valence-electron chi connectivity index (χ3n) is 3.11. The quantitative estimate of drug-likeness (QED) is 0.915. The van der Waals surface area contributed by atoms with E-state index in [0.717, 1.165) is 10.6 Å². The molecule has 104 valence electrons. The monoisotopic (exact) mass is 272 g/mol. The second-order valence-electron chi connectivity index (χ2n) is 4.73. The Morgan fingerprint density at radius 2 is 2.16 bits per heavy atom. The average Bonchev–Trinajstić information content (AvgIpc) is 2.71. The Labute approximate surface area is 109 Å². The summed E-state index contributed by atoms with van der Waals surface area (Å²) >= 11 is 0. The minimum atomic E-state index is -4.37. The topological polar surface area (TPSA) is 32.3 Å². The van der Waals surface area contributed by atoms with E-state index in [1.807, 2.05) is 13.0 Å². The summed E-state index contributed by atoms with van der Waals surface area (Å²) in [6.45, 7) is 1.93. The third-order valence-corrected chi connectivity index (χ3v) is 3.11. The normalized spacial score (nSPS) is 18.4. The lowest BCUT2D eigenvalue weighted by atomic mass is 10.0. The Hall–Kier alpha value is -1.56. The van der Waals surface area contributed by atoms with Gasteiger partial charge in [-0.2, -0.15) is 13.2 Å². The van der Waals surface area contributed by atoms with Crippen molar-refractivity contribution in [3.05, 3.63) is 35.4 Å². The van der Waals surface area contributed by atoms with Gasteiger partial charge >= 0.3 is 6.18 Å². The zero-order valence-corrected chi connectivity index (χ0v) is 10.5. The highest BCUT2D eigenvalue weighted by molar-refractivity contribution is 5.77. The second kappa shape index (κ2) is 5.21. The summed E-state index contributed by atoms with van der Waals surface area (Å²) in [5, 5.41) is 0.991. The van der Waals surface area contributed by atoms with Crippen molar-refractivity contribution < 1.29 is 18.0 Å². The molecule has 0 saturated carbocycles. The van der Waals surface area contributed by atoms with Crippen LogP contribution in [0.5, 0.6) is 0 Å².